The summed E-state index contributed by atoms with van der Waals surface area (Å²) in [4.78, 5) is 12.9. The van der Waals surface area contributed by atoms with E-state index in [1.54, 1.807) is 49.6 Å². The second-order valence-electron chi connectivity index (χ2n) is 7.99. The van der Waals surface area contributed by atoms with Crippen LogP contribution in [0.1, 0.15) is 40.0 Å². The second-order valence-corrected chi connectivity index (χ2v) is 7.99. The lowest BCUT2D eigenvalue weighted by Crippen LogP contribution is -2.36. The Morgan fingerprint density at radius 1 is 1.09 bits per heavy atom. The first-order valence-electron chi connectivity index (χ1n) is 10.8. The number of aromatic nitrogens is 2. The number of amides is 1. The quantitative estimate of drug-likeness (QED) is 0.507. The maximum absolute atomic E-state index is 14.0. The predicted octanol–water partition coefficient (Wildman–Crippen LogP) is 4.50. The first-order valence-corrected chi connectivity index (χ1v) is 10.8. The minimum atomic E-state index is -4.56. The molecule has 3 aromatic rings. The van der Waals surface area contributed by atoms with Crippen LogP contribution >= 0.6 is 0 Å². The van der Waals surface area contributed by atoms with Gasteiger partial charge in [-0.05, 0) is 35.4 Å². The highest BCUT2D eigenvalue weighted by atomic mass is 19.4. The number of halogens is 3. The van der Waals surface area contributed by atoms with Crippen molar-refractivity contribution in [2.45, 2.75) is 31.2 Å². The van der Waals surface area contributed by atoms with E-state index in [-0.39, 0.29) is 24.3 Å². The van der Waals surface area contributed by atoms with Crippen molar-refractivity contribution in [3.05, 3.63) is 65.4 Å². The number of hydrogen-bond acceptors (Lipinski definition) is 6. The van der Waals surface area contributed by atoms with Crippen molar-refractivity contribution in [1.29, 1.82) is 0 Å². The van der Waals surface area contributed by atoms with Crippen LogP contribution in [0.4, 0.5) is 19.0 Å². The number of alkyl halides is 3. The number of ether oxygens (including phenoxy) is 3. The van der Waals surface area contributed by atoms with Crippen LogP contribution in [0.15, 0.2) is 48.7 Å². The highest BCUT2D eigenvalue weighted by Gasteiger charge is 2.47. The van der Waals surface area contributed by atoms with Gasteiger partial charge in [-0.25, -0.2) is 4.68 Å². The average Bonchev–Trinajstić information content (AvgIpc) is 3.30. The monoisotopic (exact) mass is 490 g/mol. The first-order chi connectivity index (χ1) is 16.7. The molecule has 2 heterocycles. The number of fused-ring (bicyclic) bond motifs is 1. The summed E-state index contributed by atoms with van der Waals surface area (Å²) >= 11 is 0. The molecule has 186 valence electrons. The molecule has 0 aliphatic carbocycles. The van der Waals surface area contributed by atoms with Crippen molar-refractivity contribution in [2.24, 2.45) is 0 Å². The lowest BCUT2D eigenvalue weighted by atomic mass is 9.96. The van der Waals surface area contributed by atoms with Crippen molar-refractivity contribution in [2.75, 3.05) is 26.6 Å². The fourth-order valence-corrected chi connectivity index (χ4v) is 4.04. The van der Waals surface area contributed by atoms with E-state index in [4.69, 9.17) is 14.2 Å². The Morgan fingerprint density at radius 3 is 2.43 bits per heavy atom. The minimum absolute atomic E-state index is 0.00518. The van der Waals surface area contributed by atoms with Gasteiger partial charge in [0.25, 0.3) is 5.91 Å². The smallest absolute Gasteiger partial charge is 0.410 e. The summed E-state index contributed by atoms with van der Waals surface area (Å²) in [6.45, 7) is 0.190. The zero-order chi connectivity index (χ0) is 25.2. The number of carbonyl (C=O) groups excluding carboxylic acids is 1. The van der Waals surface area contributed by atoms with E-state index in [1.165, 1.54) is 14.2 Å². The number of rotatable bonds is 7. The SMILES string of the molecule is COc1ccc(CNC(=O)c2cnn3c2N[C@@H](c2ccc(OC)c(OC)c2)C[C@H]3C(F)(F)F)cc1. The van der Waals surface area contributed by atoms with E-state index in [1.807, 2.05) is 0 Å². The molecule has 1 aliphatic rings. The molecule has 1 aromatic heterocycles. The number of nitrogens with one attached hydrogen (secondary N) is 2. The van der Waals surface area contributed by atoms with Crippen molar-refractivity contribution in [1.82, 2.24) is 15.1 Å². The van der Waals surface area contributed by atoms with Gasteiger partial charge < -0.3 is 24.8 Å². The van der Waals surface area contributed by atoms with Crippen LogP contribution in [0.5, 0.6) is 17.2 Å². The molecule has 0 spiro atoms. The average molecular weight is 490 g/mol. The van der Waals surface area contributed by atoms with Crippen LogP contribution < -0.4 is 24.8 Å². The van der Waals surface area contributed by atoms with Gasteiger partial charge in [0, 0.05) is 13.0 Å². The molecule has 0 saturated carbocycles. The van der Waals surface area contributed by atoms with Gasteiger partial charge in [-0.1, -0.05) is 18.2 Å². The summed E-state index contributed by atoms with van der Waals surface area (Å²) in [7, 11) is 4.48. The molecule has 0 saturated heterocycles. The second kappa shape index (κ2) is 9.77. The van der Waals surface area contributed by atoms with Crippen LogP contribution in [0.25, 0.3) is 0 Å². The highest BCUT2D eigenvalue weighted by Crippen LogP contribution is 2.45. The molecule has 2 aromatic carbocycles. The van der Waals surface area contributed by atoms with Gasteiger partial charge in [0.1, 0.15) is 17.1 Å². The maximum atomic E-state index is 14.0. The predicted molar refractivity (Wildman–Crippen MR) is 122 cm³/mol. The molecular weight excluding hydrogens is 465 g/mol. The van der Waals surface area contributed by atoms with E-state index in [0.29, 0.717) is 22.8 Å². The van der Waals surface area contributed by atoms with Crippen LogP contribution in [0.2, 0.25) is 0 Å². The molecule has 0 fully saturated rings. The third kappa shape index (κ3) is 4.98. The zero-order valence-electron chi connectivity index (χ0n) is 19.3. The number of methoxy groups -OCH3 is 3. The Hall–Kier alpha value is -3.89. The number of hydrogen-bond donors (Lipinski definition) is 2. The van der Waals surface area contributed by atoms with Crippen LogP contribution in [-0.2, 0) is 6.54 Å². The van der Waals surface area contributed by atoms with Gasteiger partial charge >= 0.3 is 6.18 Å². The van der Waals surface area contributed by atoms with Crippen LogP contribution in [-0.4, -0.2) is 43.2 Å². The maximum Gasteiger partial charge on any atom is 0.410 e. The van der Waals surface area contributed by atoms with Crippen molar-refractivity contribution in [3.8, 4) is 17.2 Å². The molecule has 8 nitrogen and oxygen atoms in total. The van der Waals surface area contributed by atoms with Gasteiger partial charge in [0.2, 0.25) is 0 Å². The third-order valence-corrected chi connectivity index (χ3v) is 5.91. The first kappa shape index (κ1) is 24.2. The Labute approximate surface area is 200 Å². The van der Waals surface area contributed by atoms with Gasteiger partial charge in [0.05, 0.1) is 33.6 Å². The van der Waals surface area contributed by atoms with Crippen LogP contribution in [0.3, 0.4) is 0 Å². The molecule has 4 rings (SSSR count). The Kier molecular flexibility index (Phi) is 6.77. The highest BCUT2D eigenvalue weighted by molar-refractivity contribution is 5.98. The standard InChI is InChI=1S/C24H25F3N4O4/c1-33-16-7-4-14(5-8-16)12-28-23(32)17-13-29-31-21(24(25,26)27)11-18(30-22(17)31)15-6-9-19(34-2)20(10-15)35-3/h4-10,13,18,21,30H,11-12H2,1-3H3,(H,28,32)/t18-,21+/m1/s1. The molecular formula is C24H25F3N4O4. The minimum Gasteiger partial charge on any atom is -0.497 e. The summed E-state index contributed by atoms with van der Waals surface area (Å²) in [5.41, 5.74) is 1.40. The van der Waals surface area contributed by atoms with E-state index < -0.39 is 24.2 Å². The van der Waals surface area contributed by atoms with Gasteiger partial charge in [0.15, 0.2) is 17.5 Å². The van der Waals surface area contributed by atoms with Crippen molar-refractivity contribution in [3.63, 3.8) is 0 Å². The summed E-state index contributed by atoms with van der Waals surface area (Å²) in [6, 6.07) is 9.38. The summed E-state index contributed by atoms with van der Waals surface area (Å²) in [6.07, 6.45) is -3.71. The molecule has 1 amide bonds. The van der Waals surface area contributed by atoms with Gasteiger partial charge in [-0.15, -0.1) is 0 Å². The number of carbonyl (C=O) groups is 1. The molecule has 2 N–H and O–H groups in total. The fraction of sp³-hybridized carbons (Fsp3) is 0.333. The summed E-state index contributed by atoms with van der Waals surface area (Å²) in [5.74, 6) is 0.999. The van der Waals surface area contributed by atoms with E-state index in [0.717, 1.165) is 16.4 Å². The topological polar surface area (TPSA) is 86.6 Å². The largest absolute Gasteiger partial charge is 0.497 e. The number of benzene rings is 2. The van der Waals surface area contributed by atoms with Gasteiger partial charge in [-0.2, -0.15) is 18.3 Å². The molecule has 35 heavy (non-hydrogen) atoms. The molecule has 0 unspecified atom stereocenters. The number of nitrogens with zero attached hydrogens (tertiary/aromatic N) is 2. The molecule has 11 heteroatoms. The van der Waals surface area contributed by atoms with E-state index >= 15 is 0 Å². The zero-order valence-corrected chi connectivity index (χ0v) is 19.3. The van der Waals surface area contributed by atoms with E-state index in [9.17, 15) is 18.0 Å². The Morgan fingerprint density at radius 2 is 1.80 bits per heavy atom. The number of anilines is 1. The lowest BCUT2D eigenvalue weighted by Gasteiger charge is -2.34. The lowest BCUT2D eigenvalue weighted by molar-refractivity contribution is -0.173. The Balaban J connectivity index is 1.61. The summed E-state index contributed by atoms with van der Waals surface area (Å²) < 4.78 is 58.4. The molecule has 1 aliphatic heterocycles. The normalized spacial score (nSPS) is 17.2. The fourth-order valence-electron chi connectivity index (χ4n) is 4.04. The van der Waals surface area contributed by atoms with Crippen LogP contribution in [0, 0.1) is 0 Å². The molecule has 0 radical (unpaired) electrons. The van der Waals surface area contributed by atoms with Gasteiger partial charge in [-0.3, -0.25) is 4.79 Å². The summed E-state index contributed by atoms with van der Waals surface area (Å²) in [5, 5.41) is 9.72. The Bertz CT molecular complexity index is 1190. The third-order valence-electron chi connectivity index (χ3n) is 5.91. The molecule has 2 atom stereocenters. The van der Waals surface area contributed by atoms with E-state index in [2.05, 4.69) is 15.7 Å². The van der Waals surface area contributed by atoms with Crippen molar-refractivity contribution >= 4 is 11.7 Å². The molecule has 0 bridgehead atoms. The van der Waals surface area contributed by atoms with Crippen molar-refractivity contribution < 1.29 is 32.2 Å².